The number of oxime groups is 1. The molecule has 1 aromatic heterocycles. The molecule has 3 rings (SSSR count). The van der Waals surface area contributed by atoms with Crippen molar-refractivity contribution < 1.29 is 18.2 Å². The van der Waals surface area contributed by atoms with Gasteiger partial charge in [-0.05, 0) is 53.1 Å². The molecule has 0 fully saturated rings. The first-order valence-corrected chi connectivity index (χ1v) is 6.46. The van der Waals surface area contributed by atoms with E-state index in [0.29, 0.717) is 22.3 Å². The Morgan fingerprint density at radius 1 is 1.09 bits per heavy atom. The van der Waals surface area contributed by atoms with Gasteiger partial charge in [-0.25, -0.2) is 13.4 Å². The van der Waals surface area contributed by atoms with E-state index >= 15 is 0 Å². The molecule has 0 aliphatic heterocycles. The third-order valence-corrected chi connectivity index (χ3v) is 3.09. The van der Waals surface area contributed by atoms with Crippen LogP contribution in [0.5, 0.6) is 0 Å². The van der Waals surface area contributed by atoms with Crippen LogP contribution in [0.15, 0.2) is 46.2 Å². The highest BCUT2D eigenvalue weighted by Gasteiger charge is 2.06. The maximum atomic E-state index is 13.2. The quantitative estimate of drug-likeness (QED) is 0.547. The highest BCUT2D eigenvalue weighted by molar-refractivity contribution is 5.98. The Balaban J connectivity index is 1.68. The molecule has 7 heteroatoms. The average Bonchev–Trinajstić information content (AvgIpc) is 2.97. The second-order valence-corrected chi connectivity index (χ2v) is 4.67. The van der Waals surface area contributed by atoms with Gasteiger partial charge in [0.05, 0.1) is 5.71 Å². The normalized spacial score (nSPS) is 11.9. The molecule has 2 aromatic carbocycles. The van der Waals surface area contributed by atoms with E-state index in [1.807, 2.05) is 6.07 Å². The zero-order valence-electron chi connectivity index (χ0n) is 11.6. The molecule has 0 saturated heterocycles. The van der Waals surface area contributed by atoms with E-state index in [-0.39, 0.29) is 6.61 Å². The number of fused-ring (bicyclic) bond motifs is 1. The van der Waals surface area contributed by atoms with Crippen molar-refractivity contribution in [2.24, 2.45) is 5.16 Å². The van der Waals surface area contributed by atoms with Crippen LogP contribution in [-0.2, 0) is 11.4 Å². The van der Waals surface area contributed by atoms with Crippen LogP contribution in [0.1, 0.15) is 18.1 Å². The van der Waals surface area contributed by atoms with Gasteiger partial charge in [-0.2, -0.15) is 0 Å². The van der Waals surface area contributed by atoms with Crippen molar-refractivity contribution in [3.8, 4) is 0 Å². The molecule has 0 aliphatic rings. The van der Waals surface area contributed by atoms with Gasteiger partial charge in [0, 0.05) is 5.56 Å². The zero-order chi connectivity index (χ0) is 15.5. The Morgan fingerprint density at radius 3 is 2.73 bits per heavy atom. The van der Waals surface area contributed by atoms with E-state index in [9.17, 15) is 8.78 Å². The lowest BCUT2D eigenvalue weighted by atomic mass is 10.1. The second-order valence-electron chi connectivity index (χ2n) is 4.67. The van der Waals surface area contributed by atoms with Crippen LogP contribution in [0.3, 0.4) is 0 Å². The van der Waals surface area contributed by atoms with E-state index in [1.165, 1.54) is 6.07 Å². The Hall–Kier alpha value is -2.83. The molecule has 1 heterocycles. The van der Waals surface area contributed by atoms with Crippen molar-refractivity contribution in [1.29, 1.82) is 0 Å². The molecule has 0 unspecified atom stereocenters. The third-order valence-electron chi connectivity index (χ3n) is 3.09. The number of rotatable bonds is 4. The summed E-state index contributed by atoms with van der Waals surface area (Å²) in [5.74, 6) is -1.82. The summed E-state index contributed by atoms with van der Waals surface area (Å²) in [6, 6.07) is 8.91. The maximum Gasteiger partial charge on any atom is 0.159 e. The van der Waals surface area contributed by atoms with Crippen molar-refractivity contribution >= 4 is 16.7 Å². The standard InChI is InChI=1S/C15H11F2N3O2/c1-9(11-3-4-12(16)13(17)7-11)18-21-8-10-2-5-14-15(6-10)20-22-19-14/h2-7H,8H2,1H3/b18-9+. The SMILES string of the molecule is C/C(=N\OCc1ccc2nonc2c1)c1ccc(F)c(F)c1. The molecule has 22 heavy (non-hydrogen) atoms. The van der Waals surface area contributed by atoms with Gasteiger partial charge in [0.2, 0.25) is 0 Å². The number of halogens is 2. The summed E-state index contributed by atoms with van der Waals surface area (Å²) in [5.41, 5.74) is 3.02. The molecule has 3 aromatic rings. The summed E-state index contributed by atoms with van der Waals surface area (Å²) in [4.78, 5) is 5.22. The van der Waals surface area contributed by atoms with Crippen LogP contribution in [-0.4, -0.2) is 16.0 Å². The first kappa shape index (κ1) is 14.1. The Kier molecular flexibility index (Phi) is 3.78. The first-order chi connectivity index (χ1) is 10.6. The Labute approximate surface area is 124 Å². The predicted octanol–water partition coefficient (Wildman–Crippen LogP) is 3.44. The van der Waals surface area contributed by atoms with Gasteiger partial charge in [-0.3, -0.25) is 0 Å². The average molecular weight is 303 g/mol. The van der Waals surface area contributed by atoms with Crippen LogP contribution in [0.4, 0.5) is 8.78 Å². The Bertz CT molecular complexity index is 846. The monoisotopic (exact) mass is 303 g/mol. The summed E-state index contributed by atoms with van der Waals surface area (Å²) in [6.07, 6.45) is 0. The molecular weight excluding hydrogens is 292 g/mol. The van der Waals surface area contributed by atoms with Gasteiger partial charge in [0.25, 0.3) is 0 Å². The molecule has 0 atom stereocenters. The van der Waals surface area contributed by atoms with Crippen LogP contribution in [0, 0.1) is 11.6 Å². The van der Waals surface area contributed by atoms with Crippen molar-refractivity contribution in [1.82, 2.24) is 10.3 Å². The van der Waals surface area contributed by atoms with Crippen molar-refractivity contribution in [2.75, 3.05) is 0 Å². The molecule has 0 N–H and O–H groups in total. The first-order valence-electron chi connectivity index (χ1n) is 6.46. The van der Waals surface area contributed by atoms with Gasteiger partial charge in [0.15, 0.2) is 11.6 Å². The van der Waals surface area contributed by atoms with Crippen molar-refractivity contribution in [2.45, 2.75) is 13.5 Å². The van der Waals surface area contributed by atoms with E-state index in [1.54, 1.807) is 19.1 Å². The molecule has 0 bridgehead atoms. The largest absolute Gasteiger partial charge is 0.391 e. The van der Waals surface area contributed by atoms with Gasteiger partial charge in [-0.15, -0.1) is 0 Å². The molecule has 0 spiro atoms. The smallest absolute Gasteiger partial charge is 0.159 e. The van der Waals surface area contributed by atoms with E-state index in [2.05, 4.69) is 20.1 Å². The Morgan fingerprint density at radius 2 is 1.91 bits per heavy atom. The van der Waals surface area contributed by atoms with Gasteiger partial charge in [0.1, 0.15) is 17.6 Å². The number of aromatic nitrogens is 2. The van der Waals surface area contributed by atoms with Gasteiger partial charge < -0.3 is 4.84 Å². The number of benzene rings is 2. The summed E-state index contributed by atoms with van der Waals surface area (Å²) in [7, 11) is 0. The predicted molar refractivity (Wildman–Crippen MR) is 75.2 cm³/mol. The highest BCUT2D eigenvalue weighted by Crippen LogP contribution is 2.13. The number of nitrogens with zero attached hydrogens (tertiary/aromatic N) is 3. The molecule has 0 amide bonds. The lowest BCUT2D eigenvalue weighted by Crippen LogP contribution is -1.99. The number of hydrogen-bond acceptors (Lipinski definition) is 5. The van der Waals surface area contributed by atoms with Crippen LogP contribution < -0.4 is 0 Å². The molecule has 0 radical (unpaired) electrons. The van der Waals surface area contributed by atoms with Crippen LogP contribution >= 0.6 is 0 Å². The van der Waals surface area contributed by atoms with Crippen LogP contribution in [0.25, 0.3) is 11.0 Å². The van der Waals surface area contributed by atoms with Crippen LogP contribution in [0.2, 0.25) is 0 Å². The fraction of sp³-hybridized carbons (Fsp3) is 0.133. The topological polar surface area (TPSA) is 60.5 Å². The highest BCUT2D eigenvalue weighted by atomic mass is 19.2. The minimum absolute atomic E-state index is 0.212. The van der Waals surface area contributed by atoms with Gasteiger partial charge in [-0.1, -0.05) is 11.2 Å². The zero-order valence-corrected chi connectivity index (χ0v) is 11.6. The summed E-state index contributed by atoms with van der Waals surface area (Å²) in [6.45, 7) is 1.86. The second kappa shape index (κ2) is 5.88. The molecule has 112 valence electrons. The minimum Gasteiger partial charge on any atom is -0.391 e. The summed E-state index contributed by atoms with van der Waals surface area (Å²) in [5, 5.41) is 11.3. The summed E-state index contributed by atoms with van der Waals surface area (Å²) >= 11 is 0. The van der Waals surface area contributed by atoms with E-state index < -0.39 is 11.6 Å². The molecule has 5 nitrogen and oxygen atoms in total. The molecular formula is C15H11F2N3O2. The third kappa shape index (κ3) is 2.93. The van der Waals surface area contributed by atoms with E-state index in [0.717, 1.165) is 17.7 Å². The fourth-order valence-electron chi connectivity index (χ4n) is 1.90. The minimum atomic E-state index is -0.920. The van der Waals surface area contributed by atoms with Crippen molar-refractivity contribution in [3.05, 3.63) is 59.2 Å². The molecule has 0 saturated carbocycles. The number of hydrogen-bond donors (Lipinski definition) is 0. The lowest BCUT2D eigenvalue weighted by Gasteiger charge is -2.03. The fourth-order valence-corrected chi connectivity index (χ4v) is 1.90. The van der Waals surface area contributed by atoms with Gasteiger partial charge >= 0.3 is 0 Å². The molecule has 0 aliphatic carbocycles. The van der Waals surface area contributed by atoms with E-state index in [4.69, 9.17) is 4.84 Å². The maximum absolute atomic E-state index is 13.2. The lowest BCUT2D eigenvalue weighted by molar-refractivity contribution is 0.130. The summed E-state index contributed by atoms with van der Waals surface area (Å²) < 4.78 is 30.6. The van der Waals surface area contributed by atoms with Crippen molar-refractivity contribution in [3.63, 3.8) is 0 Å².